The zero-order chi connectivity index (χ0) is 10.7. The lowest BCUT2D eigenvalue weighted by molar-refractivity contribution is 0.454. The summed E-state index contributed by atoms with van der Waals surface area (Å²) >= 11 is 1.66. The lowest BCUT2D eigenvalue weighted by Gasteiger charge is -2.22. The Hall–Kier alpha value is -0.610. The molecule has 1 aliphatic rings. The van der Waals surface area contributed by atoms with Crippen LogP contribution < -0.4 is 11.1 Å². The Morgan fingerprint density at radius 1 is 1.60 bits per heavy atom. The standard InChI is InChI=1S/C11H19N3S/c1-2-3-6-13-8-4-5-9-10(7-8)15-11(12)14-9/h8,13H,2-7H2,1H3,(H2,12,14). The first kappa shape index (κ1) is 10.9. The molecule has 3 N–H and O–H groups in total. The summed E-state index contributed by atoms with van der Waals surface area (Å²) in [6, 6.07) is 0.642. The normalized spacial score (nSPS) is 20.2. The maximum Gasteiger partial charge on any atom is 0.180 e. The van der Waals surface area contributed by atoms with E-state index in [1.165, 1.54) is 29.8 Å². The maximum absolute atomic E-state index is 5.71. The summed E-state index contributed by atoms with van der Waals surface area (Å²) < 4.78 is 0. The van der Waals surface area contributed by atoms with Crippen LogP contribution in [0.1, 0.15) is 36.8 Å². The van der Waals surface area contributed by atoms with E-state index in [4.69, 9.17) is 5.73 Å². The molecule has 0 saturated heterocycles. The number of unbranched alkanes of at least 4 members (excludes halogenated alkanes) is 1. The van der Waals surface area contributed by atoms with Gasteiger partial charge in [-0.25, -0.2) is 4.98 Å². The maximum atomic E-state index is 5.71. The zero-order valence-electron chi connectivity index (χ0n) is 9.25. The Morgan fingerprint density at radius 3 is 3.27 bits per heavy atom. The SMILES string of the molecule is CCCCNC1CCc2nc(N)sc2C1. The van der Waals surface area contributed by atoms with Crippen LogP contribution in [0.25, 0.3) is 0 Å². The van der Waals surface area contributed by atoms with Crippen molar-refractivity contribution >= 4 is 16.5 Å². The van der Waals surface area contributed by atoms with Gasteiger partial charge in [0.25, 0.3) is 0 Å². The smallest absolute Gasteiger partial charge is 0.180 e. The molecule has 0 fully saturated rings. The molecular formula is C11H19N3S. The Bertz CT molecular complexity index is 322. The molecule has 3 nitrogen and oxygen atoms in total. The first-order valence-electron chi connectivity index (χ1n) is 5.77. The molecule has 1 heterocycles. The first-order chi connectivity index (χ1) is 7.29. The van der Waals surface area contributed by atoms with Crippen molar-refractivity contribution in [3.63, 3.8) is 0 Å². The zero-order valence-corrected chi connectivity index (χ0v) is 10.1. The molecule has 84 valence electrons. The van der Waals surface area contributed by atoms with E-state index < -0.39 is 0 Å². The third kappa shape index (κ3) is 2.69. The second-order valence-corrected chi connectivity index (χ2v) is 5.28. The Labute approximate surface area is 95.1 Å². The number of rotatable bonds is 4. The van der Waals surface area contributed by atoms with Gasteiger partial charge in [0.2, 0.25) is 0 Å². The van der Waals surface area contributed by atoms with Gasteiger partial charge in [-0.1, -0.05) is 13.3 Å². The van der Waals surface area contributed by atoms with Crippen LogP contribution in [-0.4, -0.2) is 17.6 Å². The third-order valence-corrected chi connectivity index (χ3v) is 3.87. The molecule has 0 bridgehead atoms. The highest BCUT2D eigenvalue weighted by atomic mass is 32.1. The molecule has 1 unspecified atom stereocenters. The van der Waals surface area contributed by atoms with E-state index in [0.717, 1.165) is 24.5 Å². The van der Waals surface area contributed by atoms with Crippen LogP contribution in [0, 0.1) is 0 Å². The summed E-state index contributed by atoms with van der Waals surface area (Å²) in [5, 5.41) is 4.34. The van der Waals surface area contributed by atoms with Crippen LogP contribution in [0.3, 0.4) is 0 Å². The van der Waals surface area contributed by atoms with E-state index in [9.17, 15) is 0 Å². The predicted octanol–water partition coefficient (Wildman–Crippen LogP) is 1.97. The molecule has 0 spiro atoms. The molecule has 0 aromatic carbocycles. The Morgan fingerprint density at radius 2 is 2.47 bits per heavy atom. The number of nitrogens with two attached hydrogens (primary N) is 1. The van der Waals surface area contributed by atoms with Crippen molar-refractivity contribution in [2.75, 3.05) is 12.3 Å². The van der Waals surface area contributed by atoms with Gasteiger partial charge in [-0.2, -0.15) is 0 Å². The molecule has 1 aromatic rings. The Kier molecular flexibility index (Phi) is 3.59. The van der Waals surface area contributed by atoms with Crippen LogP contribution in [-0.2, 0) is 12.8 Å². The molecule has 4 heteroatoms. The Balaban J connectivity index is 1.88. The minimum Gasteiger partial charge on any atom is -0.375 e. The van der Waals surface area contributed by atoms with E-state index in [1.54, 1.807) is 11.3 Å². The highest BCUT2D eigenvalue weighted by molar-refractivity contribution is 7.15. The van der Waals surface area contributed by atoms with Crippen molar-refractivity contribution in [1.29, 1.82) is 0 Å². The van der Waals surface area contributed by atoms with Crippen LogP contribution in [0.4, 0.5) is 5.13 Å². The van der Waals surface area contributed by atoms with Crippen molar-refractivity contribution < 1.29 is 0 Å². The van der Waals surface area contributed by atoms with Crippen LogP contribution in [0.2, 0.25) is 0 Å². The fraction of sp³-hybridized carbons (Fsp3) is 0.727. The summed E-state index contributed by atoms with van der Waals surface area (Å²) in [5.74, 6) is 0. The summed E-state index contributed by atoms with van der Waals surface area (Å²) in [5.41, 5.74) is 6.95. The number of anilines is 1. The topological polar surface area (TPSA) is 50.9 Å². The van der Waals surface area contributed by atoms with Gasteiger partial charge in [-0.3, -0.25) is 0 Å². The first-order valence-corrected chi connectivity index (χ1v) is 6.58. The lowest BCUT2D eigenvalue weighted by atomic mass is 9.97. The number of nitrogens with one attached hydrogen (secondary N) is 1. The largest absolute Gasteiger partial charge is 0.375 e. The second kappa shape index (κ2) is 4.94. The van der Waals surface area contributed by atoms with Crippen molar-refractivity contribution in [1.82, 2.24) is 10.3 Å². The molecular weight excluding hydrogens is 206 g/mol. The number of nitrogens with zero attached hydrogens (tertiary/aromatic N) is 1. The molecule has 0 amide bonds. The summed E-state index contributed by atoms with van der Waals surface area (Å²) in [4.78, 5) is 5.75. The highest BCUT2D eigenvalue weighted by Crippen LogP contribution is 2.27. The minimum absolute atomic E-state index is 0.642. The number of aromatic nitrogens is 1. The number of fused-ring (bicyclic) bond motifs is 1. The highest BCUT2D eigenvalue weighted by Gasteiger charge is 2.21. The van der Waals surface area contributed by atoms with Crippen LogP contribution in [0.15, 0.2) is 0 Å². The molecule has 15 heavy (non-hydrogen) atoms. The van der Waals surface area contributed by atoms with E-state index >= 15 is 0 Å². The van der Waals surface area contributed by atoms with Crippen LogP contribution in [0.5, 0.6) is 0 Å². The van der Waals surface area contributed by atoms with Crippen molar-refractivity contribution in [2.24, 2.45) is 0 Å². The number of hydrogen-bond acceptors (Lipinski definition) is 4. The van der Waals surface area contributed by atoms with Crippen molar-refractivity contribution in [3.8, 4) is 0 Å². The van der Waals surface area contributed by atoms with Crippen LogP contribution >= 0.6 is 11.3 Å². The number of thiazole rings is 1. The molecule has 1 aromatic heterocycles. The number of aryl methyl sites for hydroxylation is 1. The third-order valence-electron chi connectivity index (χ3n) is 2.92. The van der Waals surface area contributed by atoms with Crippen molar-refractivity contribution in [3.05, 3.63) is 10.6 Å². The van der Waals surface area contributed by atoms with Gasteiger partial charge in [0.05, 0.1) is 5.69 Å². The van der Waals surface area contributed by atoms with E-state index in [-0.39, 0.29) is 0 Å². The quantitative estimate of drug-likeness (QED) is 0.770. The van der Waals surface area contributed by atoms with E-state index in [0.29, 0.717) is 6.04 Å². The molecule has 0 aliphatic heterocycles. The molecule has 1 aliphatic carbocycles. The average molecular weight is 225 g/mol. The number of hydrogen-bond donors (Lipinski definition) is 2. The van der Waals surface area contributed by atoms with Gasteiger partial charge in [-0.05, 0) is 32.2 Å². The fourth-order valence-corrected chi connectivity index (χ4v) is 3.01. The molecule has 0 saturated carbocycles. The van der Waals surface area contributed by atoms with Gasteiger partial charge in [0, 0.05) is 10.9 Å². The van der Waals surface area contributed by atoms with Gasteiger partial charge >= 0.3 is 0 Å². The van der Waals surface area contributed by atoms with Gasteiger partial charge in [0.1, 0.15) is 0 Å². The fourth-order valence-electron chi connectivity index (χ4n) is 2.05. The summed E-state index contributed by atoms with van der Waals surface area (Å²) in [7, 11) is 0. The monoisotopic (exact) mass is 225 g/mol. The van der Waals surface area contributed by atoms with Gasteiger partial charge < -0.3 is 11.1 Å². The second-order valence-electron chi connectivity index (χ2n) is 4.17. The van der Waals surface area contributed by atoms with Crippen molar-refractivity contribution in [2.45, 2.75) is 45.1 Å². The van der Waals surface area contributed by atoms with E-state index in [1.807, 2.05) is 0 Å². The summed E-state index contributed by atoms with van der Waals surface area (Å²) in [6.45, 7) is 3.37. The average Bonchev–Trinajstić information content (AvgIpc) is 2.57. The molecule has 0 radical (unpaired) electrons. The van der Waals surface area contributed by atoms with E-state index in [2.05, 4.69) is 17.2 Å². The number of nitrogen functional groups attached to an aromatic ring is 1. The molecule has 1 atom stereocenters. The molecule has 2 rings (SSSR count). The predicted molar refractivity (Wildman–Crippen MR) is 65.3 cm³/mol. The van der Waals surface area contributed by atoms with Gasteiger partial charge in [-0.15, -0.1) is 11.3 Å². The summed E-state index contributed by atoms with van der Waals surface area (Å²) in [6.07, 6.45) is 5.95. The lowest BCUT2D eigenvalue weighted by Crippen LogP contribution is -2.34. The van der Waals surface area contributed by atoms with Gasteiger partial charge in [0.15, 0.2) is 5.13 Å². The minimum atomic E-state index is 0.642.